The van der Waals surface area contributed by atoms with Gasteiger partial charge >= 0.3 is 6.18 Å². The molecule has 3 aromatic carbocycles. The van der Waals surface area contributed by atoms with Gasteiger partial charge < -0.3 is 0 Å². The summed E-state index contributed by atoms with van der Waals surface area (Å²) >= 11 is 0. The molecule has 3 rings (SSSR count). The predicted molar refractivity (Wildman–Crippen MR) is 117 cm³/mol. The smallest absolute Gasteiger partial charge is 0.280 e. The van der Waals surface area contributed by atoms with Crippen LogP contribution in [0.1, 0.15) is 11.1 Å². The van der Waals surface area contributed by atoms with E-state index in [4.69, 9.17) is 0 Å². The second-order valence-electron chi connectivity index (χ2n) is 7.02. The number of nitrogens with zero attached hydrogens (tertiary/aromatic N) is 1. The van der Waals surface area contributed by atoms with Crippen molar-refractivity contribution in [1.29, 1.82) is 0 Å². The van der Waals surface area contributed by atoms with Crippen LogP contribution in [0.3, 0.4) is 0 Å². The van der Waals surface area contributed by atoms with Gasteiger partial charge in [-0.25, -0.2) is 16.8 Å². The van der Waals surface area contributed by atoms with Gasteiger partial charge in [0, 0.05) is 23.5 Å². The number of benzene rings is 3. The molecule has 0 heterocycles. The average Bonchev–Trinajstić information content (AvgIpc) is 2.73. The monoisotopic (exact) mass is 515 g/mol. The quantitative estimate of drug-likeness (QED) is 0.351. The molecule has 2 N–H and O–H groups in total. The lowest BCUT2D eigenvalue weighted by Gasteiger charge is -2.13. The third kappa shape index (κ3) is 5.63. The number of rotatable bonds is 7. The number of non-ortho nitro benzene ring substituents is 1. The van der Waals surface area contributed by atoms with Crippen LogP contribution >= 0.6 is 0 Å². The standard InChI is InChI=1S/C20H16F3N3O6S2/c1-13-5-8-17(26(27)28)12-19(13)34(31,32)24-15-6-9-18(10-7-15)33(29,30)25-16-4-2-3-14(11-16)20(21,22)23/h2-12,24-25H,1H3. The molecule has 34 heavy (non-hydrogen) atoms. The van der Waals surface area contributed by atoms with Crippen LogP contribution in [0.4, 0.5) is 30.2 Å². The van der Waals surface area contributed by atoms with Crippen molar-refractivity contribution in [3.8, 4) is 0 Å². The van der Waals surface area contributed by atoms with Gasteiger partial charge in [-0.3, -0.25) is 19.6 Å². The van der Waals surface area contributed by atoms with Crippen molar-refractivity contribution in [2.45, 2.75) is 22.9 Å². The van der Waals surface area contributed by atoms with Gasteiger partial charge in [-0.1, -0.05) is 12.1 Å². The zero-order chi connectivity index (χ0) is 25.3. The van der Waals surface area contributed by atoms with Crippen molar-refractivity contribution in [2.24, 2.45) is 0 Å². The van der Waals surface area contributed by atoms with Gasteiger partial charge in [-0.05, 0) is 55.0 Å². The molecule has 0 amide bonds. The van der Waals surface area contributed by atoms with Crippen molar-refractivity contribution in [3.05, 3.63) is 88.0 Å². The number of nitrogens with one attached hydrogen (secondary N) is 2. The highest BCUT2D eigenvalue weighted by atomic mass is 32.2. The summed E-state index contributed by atoms with van der Waals surface area (Å²) in [6.07, 6.45) is -4.65. The van der Waals surface area contributed by atoms with E-state index in [2.05, 4.69) is 4.72 Å². The molecule has 0 spiro atoms. The fraction of sp³-hybridized carbons (Fsp3) is 0.100. The third-order valence-corrected chi connectivity index (χ3v) is 7.45. The lowest BCUT2D eigenvalue weighted by Crippen LogP contribution is -2.16. The van der Waals surface area contributed by atoms with Crippen LogP contribution in [0, 0.1) is 17.0 Å². The summed E-state index contributed by atoms with van der Waals surface area (Å²) in [6, 6.07) is 11.3. The number of aryl methyl sites for hydroxylation is 1. The number of alkyl halides is 3. The average molecular weight is 515 g/mol. The molecule has 180 valence electrons. The first-order chi connectivity index (χ1) is 15.7. The number of halogens is 3. The van der Waals surface area contributed by atoms with Crippen LogP contribution in [0.5, 0.6) is 0 Å². The zero-order valence-electron chi connectivity index (χ0n) is 17.2. The van der Waals surface area contributed by atoms with E-state index in [-0.39, 0.29) is 26.7 Å². The maximum Gasteiger partial charge on any atom is 0.416 e. The Bertz CT molecular complexity index is 1460. The number of hydrogen-bond acceptors (Lipinski definition) is 6. The predicted octanol–water partition coefficient (Wildman–Crippen LogP) is 4.52. The summed E-state index contributed by atoms with van der Waals surface area (Å²) in [7, 11) is -8.52. The molecule has 0 radical (unpaired) electrons. The van der Waals surface area contributed by atoms with Crippen LogP contribution < -0.4 is 9.44 Å². The molecule has 0 saturated heterocycles. The van der Waals surface area contributed by atoms with Crippen molar-refractivity contribution >= 4 is 37.1 Å². The van der Waals surface area contributed by atoms with Gasteiger partial charge in [0.25, 0.3) is 25.7 Å². The van der Waals surface area contributed by atoms with Gasteiger partial charge in [-0.2, -0.15) is 13.2 Å². The Morgan fingerprint density at radius 1 is 0.824 bits per heavy atom. The molecule has 14 heteroatoms. The van der Waals surface area contributed by atoms with Crippen molar-refractivity contribution in [1.82, 2.24) is 0 Å². The highest BCUT2D eigenvalue weighted by Crippen LogP contribution is 2.31. The topological polar surface area (TPSA) is 135 Å². The molecular weight excluding hydrogens is 499 g/mol. The summed E-state index contributed by atoms with van der Waals surface area (Å²) in [4.78, 5) is 9.55. The molecule has 0 saturated carbocycles. The second kappa shape index (κ2) is 8.95. The maximum atomic E-state index is 12.8. The first-order valence-corrected chi connectivity index (χ1v) is 12.2. The van der Waals surface area contributed by atoms with Gasteiger partial charge in [0.1, 0.15) is 0 Å². The van der Waals surface area contributed by atoms with Crippen LogP contribution in [0.2, 0.25) is 0 Å². The van der Waals surface area contributed by atoms with E-state index in [1.807, 2.05) is 4.72 Å². The summed E-state index contributed by atoms with van der Waals surface area (Å²) in [6.45, 7) is 1.45. The summed E-state index contributed by atoms with van der Waals surface area (Å²) in [5.74, 6) is 0. The Morgan fingerprint density at radius 2 is 1.44 bits per heavy atom. The normalized spacial score (nSPS) is 12.2. The van der Waals surface area contributed by atoms with E-state index in [0.29, 0.717) is 6.07 Å². The molecule has 0 aliphatic carbocycles. The SMILES string of the molecule is Cc1ccc([N+](=O)[O-])cc1S(=O)(=O)Nc1ccc(S(=O)(=O)Nc2cccc(C(F)(F)F)c2)cc1. The Morgan fingerprint density at radius 3 is 2.03 bits per heavy atom. The number of hydrogen-bond donors (Lipinski definition) is 2. The largest absolute Gasteiger partial charge is 0.416 e. The lowest BCUT2D eigenvalue weighted by molar-refractivity contribution is -0.385. The molecule has 0 bridgehead atoms. The van der Waals surface area contributed by atoms with E-state index < -0.39 is 42.4 Å². The van der Waals surface area contributed by atoms with E-state index in [0.717, 1.165) is 54.6 Å². The van der Waals surface area contributed by atoms with Crippen molar-refractivity contribution < 1.29 is 34.9 Å². The van der Waals surface area contributed by atoms with Crippen LogP contribution in [0.25, 0.3) is 0 Å². The lowest BCUT2D eigenvalue weighted by atomic mass is 10.2. The highest BCUT2D eigenvalue weighted by Gasteiger charge is 2.30. The molecule has 0 fully saturated rings. The van der Waals surface area contributed by atoms with Gasteiger partial charge in [0.15, 0.2) is 0 Å². The van der Waals surface area contributed by atoms with E-state index >= 15 is 0 Å². The number of sulfonamides is 2. The van der Waals surface area contributed by atoms with Crippen LogP contribution in [-0.4, -0.2) is 21.8 Å². The van der Waals surface area contributed by atoms with E-state index in [1.165, 1.54) is 13.0 Å². The third-order valence-electron chi connectivity index (χ3n) is 4.53. The van der Waals surface area contributed by atoms with Gasteiger partial charge in [0.2, 0.25) is 0 Å². The van der Waals surface area contributed by atoms with Gasteiger partial charge in [0.05, 0.1) is 20.3 Å². The number of nitro benzene ring substituents is 1. The molecule has 0 aliphatic rings. The summed E-state index contributed by atoms with van der Waals surface area (Å²) < 4.78 is 93.2. The maximum absolute atomic E-state index is 12.8. The fourth-order valence-electron chi connectivity index (χ4n) is 2.88. The molecule has 0 unspecified atom stereocenters. The Kier molecular flexibility index (Phi) is 6.57. The molecule has 0 aromatic heterocycles. The fourth-order valence-corrected chi connectivity index (χ4v) is 5.25. The molecule has 0 aliphatic heterocycles. The van der Waals surface area contributed by atoms with Crippen LogP contribution in [-0.2, 0) is 26.2 Å². The summed E-state index contributed by atoms with van der Waals surface area (Å²) in [5.41, 5.74) is -1.55. The second-order valence-corrected chi connectivity index (χ2v) is 10.4. The number of nitro groups is 1. The Hall–Kier alpha value is -3.65. The summed E-state index contributed by atoms with van der Waals surface area (Å²) in [5, 5.41) is 11.0. The minimum atomic E-state index is -4.65. The molecular formula is C20H16F3N3O6S2. The Labute approximate surface area is 192 Å². The van der Waals surface area contributed by atoms with Gasteiger partial charge in [-0.15, -0.1) is 0 Å². The first-order valence-electron chi connectivity index (χ1n) is 9.27. The van der Waals surface area contributed by atoms with Crippen molar-refractivity contribution in [3.63, 3.8) is 0 Å². The van der Waals surface area contributed by atoms with E-state index in [1.54, 1.807) is 0 Å². The van der Waals surface area contributed by atoms with Crippen molar-refractivity contribution in [2.75, 3.05) is 9.44 Å². The van der Waals surface area contributed by atoms with Crippen LogP contribution in [0.15, 0.2) is 76.5 Å². The zero-order valence-corrected chi connectivity index (χ0v) is 18.8. The first kappa shape index (κ1) is 25.0. The molecule has 0 atom stereocenters. The highest BCUT2D eigenvalue weighted by molar-refractivity contribution is 7.93. The minimum absolute atomic E-state index is 0.0380. The molecule has 3 aromatic rings. The number of anilines is 2. The van der Waals surface area contributed by atoms with E-state index in [9.17, 15) is 40.1 Å². The minimum Gasteiger partial charge on any atom is -0.280 e. The molecule has 9 nitrogen and oxygen atoms in total. The Balaban J connectivity index is 1.82.